The predicted molar refractivity (Wildman–Crippen MR) is 73.4 cm³/mol. The van der Waals surface area contributed by atoms with Gasteiger partial charge < -0.3 is 10.1 Å². The summed E-state index contributed by atoms with van der Waals surface area (Å²) in [4.78, 5) is 2.51. The maximum absolute atomic E-state index is 5.25. The van der Waals surface area contributed by atoms with Crippen LogP contribution >= 0.6 is 0 Å². The molecule has 102 valence electrons. The Morgan fingerprint density at radius 2 is 2.06 bits per heavy atom. The molecule has 0 radical (unpaired) electrons. The molecule has 3 heteroatoms. The molecule has 1 unspecified atom stereocenters. The molecular weight excluding hydrogens is 212 g/mol. The lowest BCUT2D eigenvalue weighted by Gasteiger charge is -2.35. The van der Waals surface area contributed by atoms with Crippen LogP contribution in [-0.4, -0.2) is 50.3 Å². The van der Waals surface area contributed by atoms with E-state index in [1.165, 1.54) is 12.8 Å². The van der Waals surface area contributed by atoms with E-state index in [2.05, 4.69) is 37.9 Å². The summed E-state index contributed by atoms with van der Waals surface area (Å²) < 4.78 is 5.25. The number of hydrogen-bond donors (Lipinski definition) is 1. The third-order valence-corrected chi connectivity index (χ3v) is 3.52. The molecule has 0 amide bonds. The maximum atomic E-state index is 5.25. The topological polar surface area (TPSA) is 24.5 Å². The lowest BCUT2D eigenvalue weighted by molar-refractivity contribution is 0.0754. The SMILES string of the molecule is CCN(CC(C)(C)CNC1CC1)C(C)COC. The van der Waals surface area contributed by atoms with Crippen LogP contribution in [0.25, 0.3) is 0 Å². The summed E-state index contributed by atoms with van der Waals surface area (Å²) in [6, 6.07) is 1.31. The number of methoxy groups -OCH3 is 1. The van der Waals surface area contributed by atoms with E-state index in [9.17, 15) is 0 Å². The van der Waals surface area contributed by atoms with Gasteiger partial charge in [0.1, 0.15) is 0 Å². The van der Waals surface area contributed by atoms with Crippen molar-refractivity contribution in [2.45, 2.75) is 52.6 Å². The molecule has 0 heterocycles. The average Bonchev–Trinajstić information content (AvgIpc) is 3.07. The molecule has 0 bridgehead atoms. The quantitative estimate of drug-likeness (QED) is 0.670. The van der Waals surface area contributed by atoms with E-state index in [0.29, 0.717) is 11.5 Å². The summed E-state index contributed by atoms with van der Waals surface area (Å²) in [5, 5.41) is 3.64. The van der Waals surface area contributed by atoms with Crippen molar-refractivity contribution < 1.29 is 4.74 Å². The molecule has 1 rings (SSSR count). The number of hydrogen-bond acceptors (Lipinski definition) is 3. The van der Waals surface area contributed by atoms with Crippen molar-refractivity contribution in [3.63, 3.8) is 0 Å². The van der Waals surface area contributed by atoms with Gasteiger partial charge in [-0.2, -0.15) is 0 Å². The molecule has 0 aromatic rings. The van der Waals surface area contributed by atoms with Crippen molar-refractivity contribution in [1.82, 2.24) is 10.2 Å². The number of likely N-dealkylation sites (N-methyl/N-ethyl adjacent to an activating group) is 1. The van der Waals surface area contributed by atoms with E-state index >= 15 is 0 Å². The molecule has 17 heavy (non-hydrogen) atoms. The van der Waals surface area contributed by atoms with Crippen LogP contribution in [0.15, 0.2) is 0 Å². The number of ether oxygens (including phenoxy) is 1. The largest absolute Gasteiger partial charge is 0.383 e. The van der Waals surface area contributed by atoms with Crippen LogP contribution in [0.5, 0.6) is 0 Å². The third-order valence-electron chi connectivity index (χ3n) is 3.52. The number of nitrogens with zero attached hydrogens (tertiary/aromatic N) is 1. The van der Waals surface area contributed by atoms with Gasteiger partial charge >= 0.3 is 0 Å². The first-order valence-corrected chi connectivity index (χ1v) is 6.95. The fraction of sp³-hybridized carbons (Fsp3) is 1.00. The molecule has 1 atom stereocenters. The van der Waals surface area contributed by atoms with Crippen molar-refractivity contribution in [2.75, 3.05) is 33.4 Å². The van der Waals surface area contributed by atoms with Gasteiger partial charge in [-0.1, -0.05) is 20.8 Å². The second kappa shape index (κ2) is 6.72. The highest BCUT2D eigenvalue weighted by atomic mass is 16.5. The highest BCUT2D eigenvalue weighted by Gasteiger charge is 2.27. The zero-order valence-electron chi connectivity index (χ0n) is 12.3. The number of nitrogens with one attached hydrogen (secondary N) is 1. The van der Waals surface area contributed by atoms with Crippen LogP contribution in [0.1, 0.15) is 40.5 Å². The van der Waals surface area contributed by atoms with Gasteiger partial charge in [-0.3, -0.25) is 4.90 Å². The smallest absolute Gasteiger partial charge is 0.0615 e. The zero-order valence-corrected chi connectivity index (χ0v) is 12.3. The Kier molecular flexibility index (Phi) is 5.90. The monoisotopic (exact) mass is 242 g/mol. The summed E-state index contributed by atoms with van der Waals surface area (Å²) in [6.07, 6.45) is 2.74. The van der Waals surface area contributed by atoms with Crippen LogP contribution in [0.2, 0.25) is 0 Å². The first-order chi connectivity index (χ1) is 7.98. The number of rotatable bonds is 9. The molecule has 1 aliphatic carbocycles. The predicted octanol–water partition coefficient (Wildman–Crippen LogP) is 2.12. The third kappa shape index (κ3) is 5.84. The van der Waals surface area contributed by atoms with Crippen molar-refractivity contribution in [3.8, 4) is 0 Å². The minimum absolute atomic E-state index is 0.334. The molecule has 1 fully saturated rings. The van der Waals surface area contributed by atoms with Gasteiger partial charge in [0.25, 0.3) is 0 Å². The fourth-order valence-electron chi connectivity index (χ4n) is 2.24. The average molecular weight is 242 g/mol. The molecule has 1 N–H and O–H groups in total. The van der Waals surface area contributed by atoms with Crippen LogP contribution < -0.4 is 5.32 Å². The summed E-state index contributed by atoms with van der Waals surface area (Å²) >= 11 is 0. The van der Waals surface area contributed by atoms with Crippen LogP contribution in [0.3, 0.4) is 0 Å². The standard InChI is InChI=1S/C14H30N2O/c1-6-16(12(2)9-17-5)11-14(3,4)10-15-13-7-8-13/h12-13,15H,6-11H2,1-5H3. The van der Waals surface area contributed by atoms with Crippen molar-refractivity contribution >= 4 is 0 Å². The molecule has 1 saturated carbocycles. The van der Waals surface area contributed by atoms with Gasteiger partial charge in [0.05, 0.1) is 6.61 Å². The lowest BCUT2D eigenvalue weighted by Crippen LogP contribution is -2.45. The van der Waals surface area contributed by atoms with Gasteiger partial charge in [-0.25, -0.2) is 0 Å². The second-order valence-corrected chi connectivity index (χ2v) is 6.19. The van der Waals surface area contributed by atoms with Gasteiger partial charge in [0.15, 0.2) is 0 Å². The first kappa shape index (κ1) is 14.9. The van der Waals surface area contributed by atoms with Crippen LogP contribution in [0, 0.1) is 5.41 Å². The summed E-state index contributed by atoms with van der Waals surface area (Å²) in [5.41, 5.74) is 0.334. The Labute approximate surface area is 107 Å². The Bertz CT molecular complexity index is 214. The van der Waals surface area contributed by atoms with Crippen molar-refractivity contribution in [1.29, 1.82) is 0 Å². The Morgan fingerprint density at radius 3 is 2.53 bits per heavy atom. The summed E-state index contributed by atoms with van der Waals surface area (Å²) in [5.74, 6) is 0. The van der Waals surface area contributed by atoms with Gasteiger partial charge in [0.2, 0.25) is 0 Å². The van der Waals surface area contributed by atoms with Crippen molar-refractivity contribution in [3.05, 3.63) is 0 Å². The minimum atomic E-state index is 0.334. The zero-order chi connectivity index (χ0) is 12.9. The molecule has 0 aromatic heterocycles. The van der Waals surface area contributed by atoms with E-state index in [1.807, 2.05) is 0 Å². The first-order valence-electron chi connectivity index (χ1n) is 6.95. The minimum Gasteiger partial charge on any atom is -0.383 e. The van der Waals surface area contributed by atoms with Crippen molar-refractivity contribution in [2.24, 2.45) is 5.41 Å². The molecular formula is C14H30N2O. The van der Waals surface area contributed by atoms with E-state index in [1.54, 1.807) is 7.11 Å². The molecule has 0 aliphatic heterocycles. The molecule has 1 aliphatic rings. The van der Waals surface area contributed by atoms with E-state index in [0.717, 1.165) is 32.3 Å². The maximum Gasteiger partial charge on any atom is 0.0615 e. The van der Waals surface area contributed by atoms with E-state index in [4.69, 9.17) is 4.74 Å². The summed E-state index contributed by atoms with van der Waals surface area (Å²) in [7, 11) is 1.78. The Morgan fingerprint density at radius 1 is 1.41 bits per heavy atom. The molecule has 0 spiro atoms. The van der Waals surface area contributed by atoms with Crippen LogP contribution in [0.4, 0.5) is 0 Å². The Hall–Kier alpha value is -0.120. The highest BCUT2D eigenvalue weighted by molar-refractivity contribution is 4.85. The normalized spacial score (nSPS) is 18.7. The van der Waals surface area contributed by atoms with Crippen LogP contribution in [-0.2, 0) is 4.74 Å². The highest BCUT2D eigenvalue weighted by Crippen LogP contribution is 2.23. The van der Waals surface area contributed by atoms with Gasteiger partial charge in [-0.15, -0.1) is 0 Å². The molecule has 0 aromatic carbocycles. The van der Waals surface area contributed by atoms with E-state index in [-0.39, 0.29) is 0 Å². The van der Waals surface area contributed by atoms with Gasteiger partial charge in [0, 0.05) is 32.3 Å². The molecule has 0 saturated heterocycles. The summed E-state index contributed by atoms with van der Waals surface area (Å²) in [6.45, 7) is 13.3. The molecule has 3 nitrogen and oxygen atoms in total. The van der Waals surface area contributed by atoms with Gasteiger partial charge in [-0.05, 0) is 31.7 Å². The fourth-order valence-corrected chi connectivity index (χ4v) is 2.24. The lowest BCUT2D eigenvalue weighted by atomic mass is 9.92. The Balaban J connectivity index is 2.34. The second-order valence-electron chi connectivity index (χ2n) is 6.19. The van der Waals surface area contributed by atoms with E-state index < -0.39 is 0 Å².